The molecule has 1 aliphatic heterocycles. The average molecular weight is 358 g/mol. The van der Waals surface area contributed by atoms with E-state index in [4.69, 9.17) is 4.74 Å². The zero-order chi connectivity index (χ0) is 18.7. The summed E-state index contributed by atoms with van der Waals surface area (Å²) in [5.74, 6) is -0.765. The second-order valence-electron chi connectivity index (χ2n) is 6.80. The van der Waals surface area contributed by atoms with Crippen LogP contribution in [0.15, 0.2) is 41.6 Å². The van der Waals surface area contributed by atoms with E-state index in [1.807, 2.05) is 19.9 Å². The Morgan fingerprint density at radius 1 is 1.42 bits per heavy atom. The van der Waals surface area contributed by atoms with Gasteiger partial charge in [0.15, 0.2) is 5.78 Å². The van der Waals surface area contributed by atoms with Gasteiger partial charge >= 0.3 is 0 Å². The van der Waals surface area contributed by atoms with Crippen LogP contribution in [0.25, 0.3) is 0 Å². The summed E-state index contributed by atoms with van der Waals surface area (Å²) < 4.78 is 19.6. The molecule has 0 bridgehead atoms. The number of halogens is 1. The summed E-state index contributed by atoms with van der Waals surface area (Å²) in [6.07, 6.45) is 6.09. The van der Waals surface area contributed by atoms with E-state index in [1.54, 1.807) is 12.1 Å². The molecule has 1 aliphatic carbocycles. The lowest BCUT2D eigenvalue weighted by molar-refractivity contribution is -0.121. The maximum atomic E-state index is 14.2. The minimum Gasteiger partial charge on any atom is -0.491 e. The number of Topliss-reactive ketones (excluding diaryl/α,β-unsaturated/α-hetero) is 1. The van der Waals surface area contributed by atoms with Gasteiger partial charge < -0.3 is 15.4 Å². The normalized spacial score (nSPS) is 19.2. The van der Waals surface area contributed by atoms with Crippen LogP contribution < -0.4 is 15.4 Å². The second kappa shape index (κ2) is 7.72. The Morgan fingerprint density at radius 2 is 2.23 bits per heavy atom. The predicted octanol–water partition coefficient (Wildman–Crippen LogP) is 2.76. The third-order valence-corrected chi connectivity index (χ3v) is 4.45. The molecule has 0 fully saturated rings. The van der Waals surface area contributed by atoms with Crippen molar-refractivity contribution < 1.29 is 18.7 Å². The molecule has 2 N–H and O–H groups in total. The molecule has 0 aromatic heterocycles. The van der Waals surface area contributed by atoms with Crippen molar-refractivity contribution in [2.45, 2.75) is 51.8 Å². The van der Waals surface area contributed by atoms with Gasteiger partial charge in [-0.25, -0.2) is 4.39 Å². The lowest BCUT2D eigenvalue weighted by Gasteiger charge is -2.28. The Morgan fingerprint density at radius 3 is 2.96 bits per heavy atom. The van der Waals surface area contributed by atoms with Gasteiger partial charge in [0.1, 0.15) is 17.1 Å². The van der Waals surface area contributed by atoms with Crippen LogP contribution in [0.5, 0.6) is 5.75 Å². The first-order valence-electron chi connectivity index (χ1n) is 8.90. The molecule has 6 heteroatoms. The molecule has 3 rings (SSSR count). The quantitative estimate of drug-likeness (QED) is 0.795. The highest BCUT2D eigenvalue weighted by Gasteiger charge is 2.31. The van der Waals surface area contributed by atoms with Crippen LogP contribution in [0.2, 0.25) is 0 Å². The van der Waals surface area contributed by atoms with Crippen LogP contribution in [0, 0.1) is 5.82 Å². The number of rotatable bonds is 5. The molecule has 0 radical (unpaired) electrons. The first-order chi connectivity index (χ1) is 12.5. The summed E-state index contributed by atoms with van der Waals surface area (Å²) in [5, 5.41) is 5.73. The van der Waals surface area contributed by atoms with E-state index >= 15 is 0 Å². The van der Waals surface area contributed by atoms with Gasteiger partial charge in [0.05, 0.1) is 12.1 Å². The number of hydrogen-bond acceptors (Lipinski definition) is 4. The first-order valence-corrected chi connectivity index (χ1v) is 8.90. The van der Waals surface area contributed by atoms with Crippen LogP contribution in [-0.4, -0.2) is 23.8 Å². The van der Waals surface area contributed by atoms with Gasteiger partial charge in [0, 0.05) is 29.9 Å². The fourth-order valence-electron chi connectivity index (χ4n) is 3.16. The topological polar surface area (TPSA) is 67.4 Å². The highest BCUT2D eigenvalue weighted by atomic mass is 19.1. The van der Waals surface area contributed by atoms with Crippen molar-refractivity contribution in [2.75, 3.05) is 0 Å². The number of hydrogen-bond donors (Lipinski definition) is 2. The predicted molar refractivity (Wildman–Crippen MR) is 96.0 cm³/mol. The molecule has 1 atom stereocenters. The highest BCUT2D eigenvalue weighted by molar-refractivity contribution is 6.26. The van der Waals surface area contributed by atoms with E-state index in [2.05, 4.69) is 10.6 Å². The summed E-state index contributed by atoms with van der Waals surface area (Å²) in [6.45, 7) is 3.72. The van der Waals surface area contributed by atoms with E-state index in [0.717, 1.165) is 19.3 Å². The molecule has 5 nitrogen and oxygen atoms in total. The van der Waals surface area contributed by atoms with Gasteiger partial charge in [-0.2, -0.15) is 0 Å². The van der Waals surface area contributed by atoms with Crippen LogP contribution in [0.1, 0.15) is 38.7 Å². The average Bonchev–Trinajstić information content (AvgIpc) is 2.61. The molecule has 1 aromatic rings. The van der Waals surface area contributed by atoms with Crippen LogP contribution in [-0.2, 0) is 16.1 Å². The molecule has 1 unspecified atom stereocenters. The molecule has 1 aromatic carbocycles. The van der Waals surface area contributed by atoms with Gasteiger partial charge in [-0.3, -0.25) is 9.59 Å². The Hall–Kier alpha value is -2.63. The molecular formula is C20H23FN2O3. The molecule has 0 saturated carbocycles. The Bertz CT molecular complexity index is 783. The van der Waals surface area contributed by atoms with Crippen LogP contribution in [0.4, 0.5) is 4.39 Å². The molecule has 0 spiro atoms. The van der Waals surface area contributed by atoms with Gasteiger partial charge in [0.2, 0.25) is 0 Å². The molecule has 0 saturated heterocycles. The first kappa shape index (κ1) is 18.2. The van der Waals surface area contributed by atoms with E-state index in [0.29, 0.717) is 16.9 Å². The standard InChI is InChI=1S/C20H23FN2O3/c1-12(2)26-14-8-7-13(17(21)9-14)10-23-20(25)16-11-22-18-6-4-3-5-15(18)19(16)24/h5,7-9,11-12,18,22H,3-4,6,10H2,1-2H3,(H,23,25). The van der Waals surface area contributed by atoms with Crippen LogP contribution in [0.3, 0.4) is 0 Å². The number of allylic oxidation sites excluding steroid dienone is 1. The third-order valence-electron chi connectivity index (χ3n) is 4.45. The maximum Gasteiger partial charge on any atom is 0.257 e. The largest absolute Gasteiger partial charge is 0.491 e. The van der Waals surface area contributed by atoms with Crippen molar-refractivity contribution in [1.82, 2.24) is 10.6 Å². The molecular weight excluding hydrogens is 335 g/mol. The van der Waals surface area contributed by atoms with Crippen molar-refractivity contribution in [3.63, 3.8) is 0 Å². The number of ketones is 1. The fourth-order valence-corrected chi connectivity index (χ4v) is 3.16. The summed E-state index contributed by atoms with van der Waals surface area (Å²) in [7, 11) is 0. The summed E-state index contributed by atoms with van der Waals surface area (Å²) in [4.78, 5) is 24.9. The number of carbonyl (C=O) groups excluding carboxylic acids is 2. The molecule has 2 aliphatic rings. The van der Waals surface area contributed by atoms with Gasteiger partial charge in [-0.15, -0.1) is 0 Å². The van der Waals surface area contributed by atoms with Gasteiger partial charge in [-0.1, -0.05) is 12.1 Å². The lowest BCUT2D eigenvalue weighted by atomic mass is 9.86. The van der Waals surface area contributed by atoms with Crippen molar-refractivity contribution >= 4 is 11.7 Å². The minimum absolute atomic E-state index is 0.000276. The molecule has 138 valence electrons. The maximum absolute atomic E-state index is 14.2. The fraction of sp³-hybridized carbons (Fsp3) is 0.400. The Labute approximate surface area is 152 Å². The number of carbonyl (C=O) groups is 2. The molecule has 26 heavy (non-hydrogen) atoms. The number of amides is 1. The number of benzene rings is 1. The highest BCUT2D eigenvalue weighted by Crippen LogP contribution is 2.25. The van der Waals surface area contributed by atoms with Crippen molar-refractivity contribution in [3.05, 3.63) is 53.0 Å². The van der Waals surface area contributed by atoms with Crippen molar-refractivity contribution in [2.24, 2.45) is 0 Å². The van der Waals surface area contributed by atoms with E-state index < -0.39 is 11.7 Å². The second-order valence-corrected chi connectivity index (χ2v) is 6.80. The van der Waals surface area contributed by atoms with E-state index in [9.17, 15) is 14.0 Å². The summed E-state index contributed by atoms with van der Waals surface area (Å²) in [5.41, 5.74) is 1.06. The van der Waals surface area contributed by atoms with Crippen molar-refractivity contribution in [1.29, 1.82) is 0 Å². The zero-order valence-electron chi connectivity index (χ0n) is 15.0. The number of nitrogens with one attached hydrogen (secondary N) is 2. The zero-order valence-corrected chi connectivity index (χ0v) is 15.0. The molecule has 1 amide bonds. The summed E-state index contributed by atoms with van der Waals surface area (Å²) in [6, 6.07) is 4.53. The van der Waals surface area contributed by atoms with Crippen molar-refractivity contribution in [3.8, 4) is 5.75 Å². The minimum atomic E-state index is -0.505. The van der Waals surface area contributed by atoms with Gasteiger partial charge in [-0.05, 0) is 39.2 Å². The third kappa shape index (κ3) is 3.95. The Balaban J connectivity index is 1.64. The number of fused-ring (bicyclic) bond motifs is 1. The SMILES string of the molecule is CC(C)Oc1ccc(CNC(=O)C2=CNC3CCCC=C3C2=O)c(F)c1. The monoisotopic (exact) mass is 358 g/mol. The van der Waals surface area contributed by atoms with E-state index in [1.165, 1.54) is 12.3 Å². The number of ether oxygens (including phenoxy) is 1. The molecule has 1 heterocycles. The van der Waals surface area contributed by atoms with E-state index in [-0.39, 0.29) is 30.0 Å². The smallest absolute Gasteiger partial charge is 0.257 e. The summed E-state index contributed by atoms with van der Waals surface area (Å²) >= 11 is 0. The van der Waals surface area contributed by atoms with Crippen LogP contribution >= 0.6 is 0 Å². The van der Waals surface area contributed by atoms with Gasteiger partial charge in [0.25, 0.3) is 5.91 Å². The Kier molecular flexibility index (Phi) is 5.40. The lowest BCUT2D eigenvalue weighted by Crippen LogP contribution is -2.41.